The van der Waals surface area contributed by atoms with Gasteiger partial charge in [0.15, 0.2) is 0 Å². The summed E-state index contributed by atoms with van der Waals surface area (Å²) in [6, 6.07) is 16.3. The van der Waals surface area contributed by atoms with Gasteiger partial charge >= 0.3 is 6.09 Å². The Morgan fingerprint density at radius 2 is 1.56 bits per heavy atom. The molecule has 0 radical (unpaired) electrons. The molecular weight excluding hydrogens is 344 g/mol. The Kier molecular flexibility index (Phi) is 4.18. The zero-order chi connectivity index (χ0) is 19.0. The van der Waals surface area contributed by atoms with E-state index in [4.69, 9.17) is 4.74 Å². The van der Waals surface area contributed by atoms with Crippen LogP contribution >= 0.6 is 0 Å². The number of likely N-dealkylation sites (N-methyl/N-ethyl adjacent to an activating group) is 1. The van der Waals surface area contributed by atoms with Crippen molar-refractivity contribution < 1.29 is 19.1 Å². The highest BCUT2D eigenvalue weighted by molar-refractivity contribution is 6.21. The summed E-state index contributed by atoms with van der Waals surface area (Å²) in [4.78, 5) is 40.4. The fourth-order valence-electron chi connectivity index (χ4n) is 3.43. The largest absolute Gasteiger partial charge is 0.445 e. The molecule has 6 heteroatoms. The van der Waals surface area contributed by atoms with Crippen molar-refractivity contribution in [3.8, 4) is 0 Å². The van der Waals surface area contributed by atoms with Gasteiger partial charge in [-0.15, -0.1) is 0 Å². The van der Waals surface area contributed by atoms with Crippen LogP contribution in [0.4, 0.5) is 4.79 Å². The molecule has 4 rings (SSSR count). The third-order valence-electron chi connectivity index (χ3n) is 5.35. The lowest BCUT2D eigenvalue weighted by Crippen LogP contribution is -2.48. The molecule has 0 atom stereocenters. The van der Waals surface area contributed by atoms with Crippen molar-refractivity contribution in [1.29, 1.82) is 0 Å². The Labute approximate surface area is 157 Å². The van der Waals surface area contributed by atoms with Gasteiger partial charge in [-0.2, -0.15) is 0 Å². The minimum Gasteiger partial charge on any atom is -0.445 e. The first-order chi connectivity index (χ1) is 13.0. The van der Waals surface area contributed by atoms with Crippen LogP contribution in [0.5, 0.6) is 0 Å². The highest BCUT2D eigenvalue weighted by Gasteiger charge is 2.53. The minimum absolute atomic E-state index is 0.188. The van der Waals surface area contributed by atoms with Crippen LogP contribution in [-0.2, 0) is 11.3 Å². The average Bonchev–Trinajstić information content (AvgIpc) is 3.46. The van der Waals surface area contributed by atoms with Gasteiger partial charge in [-0.1, -0.05) is 42.5 Å². The molecule has 0 N–H and O–H groups in total. The first kappa shape index (κ1) is 17.3. The quantitative estimate of drug-likeness (QED) is 0.765. The van der Waals surface area contributed by atoms with E-state index in [9.17, 15) is 14.4 Å². The van der Waals surface area contributed by atoms with E-state index < -0.39 is 11.6 Å². The molecule has 0 unspecified atom stereocenters. The minimum atomic E-state index is -0.541. The van der Waals surface area contributed by atoms with E-state index in [-0.39, 0.29) is 25.0 Å². The average molecular weight is 364 g/mol. The molecular formula is C21H20N2O4. The Hall–Kier alpha value is -3.15. The van der Waals surface area contributed by atoms with Crippen molar-refractivity contribution in [2.75, 3.05) is 13.6 Å². The molecule has 1 heterocycles. The van der Waals surface area contributed by atoms with Gasteiger partial charge in [-0.05, 0) is 30.5 Å². The van der Waals surface area contributed by atoms with E-state index in [2.05, 4.69) is 0 Å². The Balaban J connectivity index is 1.43. The van der Waals surface area contributed by atoms with E-state index in [0.717, 1.165) is 18.4 Å². The number of ether oxygens (including phenoxy) is 1. The topological polar surface area (TPSA) is 66.9 Å². The van der Waals surface area contributed by atoms with Gasteiger partial charge in [-0.3, -0.25) is 14.5 Å². The predicted molar refractivity (Wildman–Crippen MR) is 98.2 cm³/mol. The fourth-order valence-corrected chi connectivity index (χ4v) is 3.43. The number of nitrogens with zero attached hydrogens (tertiary/aromatic N) is 2. The maximum Gasteiger partial charge on any atom is 0.410 e. The smallest absolute Gasteiger partial charge is 0.410 e. The third kappa shape index (κ3) is 3.07. The van der Waals surface area contributed by atoms with Crippen LogP contribution in [-0.4, -0.2) is 46.8 Å². The zero-order valence-electron chi connectivity index (χ0n) is 15.1. The number of imide groups is 1. The van der Waals surface area contributed by atoms with Gasteiger partial charge < -0.3 is 9.64 Å². The van der Waals surface area contributed by atoms with Gasteiger partial charge in [0, 0.05) is 7.05 Å². The van der Waals surface area contributed by atoms with Crippen LogP contribution in [0.3, 0.4) is 0 Å². The van der Waals surface area contributed by atoms with Crippen LogP contribution in [0.25, 0.3) is 0 Å². The Morgan fingerprint density at radius 3 is 2.11 bits per heavy atom. The molecule has 0 bridgehead atoms. The third-order valence-corrected chi connectivity index (χ3v) is 5.35. The van der Waals surface area contributed by atoms with Gasteiger partial charge in [0.2, 0.25) is 0 Å². The molecule has 138 valence electrons. The molecule has 6 nitrogen and oxygen atoms in total. The van der Waals surface area contributed by atoms with E-state index in [1.165, 1.54) is 9.80 Å². The molecule has 2 aliphatic rings. The molecule has 1 aliphatic carbocycles. The number of fused-ring (bicyclic) bond motifs is 1. The van der Waals surface area contributed by atoms with Crippen LogP contribution in [0.1, 0.15) is 39.1 Å². The monoisotopic (exact) mass is 364 g/mol. The molecule has 2 aromatic rings. The zero-order valence-corrected chi connectivity index (χ0v) is 15.1. The van der Waals surface area contributed by atoms with Crippen molar-refractivity contribution in [3.05, 3.63) is 71.3 Å². The molecule has 3 amide bonds. The second-order valence-electron chi connectivity index (χ2n) is 7.07. The predicted octanol–water partition coefficient (Wildman–Crippen LogP) is 3.08. The molecule has 27 heavy (non-hydrogen) atoms. The second-order valence-corrected chi connectivity index (χ2v) is 7.07. The Bertz CT molecular complexity index is 870. The standard InChI is InChI=1S/C21H20N2O4/c1-22(20(26)27-13-15-7-3-2-4-8-15)21(11-12-21)14-23-18(24)16-9-5-6-10-17(16)19(23)25/h2-10H,11-14H2,1H3. The number of carbonyl (C=O) groups is 3. The van der Waals surface area contributed by atoms with E-state index in [1.807, 2.05) is 30.3 Å². The number of hydrogen-bond donors (Lipinski definition) is 0. The summed E-state index contributed by atoms with van der Waals surface area (Å²) in [7, 11) is 1.67. The Morgan fingerprint density at radius 1 is 1.00 bits per heavy atom. The van der Waals surface area contributed by atoms with Gasteiger partial charge in [-0.25, -0.2) is 4.79 Å². The molecule has 0 spiro atoms. The van der Waals surface area contributed by atoms with Crippen molar-refractivity contribution in [1.82, 2.24) is 9.80 Å². The van der Waals surface area contributed by atoms with Gasteiger partial charge in [0.05, 0.1) is 23.2 Å². The van der Waals surface area contributed by atoms with Crippen molar-refractivity contribution in [3.63, 3.8) is 0 Å². The normalized spacial score (nSPS) is 16.9. The van der Waals surface area contributed by atoms with Crippen molar-refractivity contribution >= 4 is 17.9 Å². The molecule has 2 aromatic carbocycles. The van der Waals surface area contributed by atoms with Crippen LogP contribution in [0.2, 0.25) is 0 Å². The lowest BCUT2D eigenvalue weighted by atomic mass is 10.1. The number of benzene rings is 2. The second kappa shape index (κ2) is 6.54. The number of hydrogen-bond acceptors (Lipinski definition) is 4. The summed E-state index contributed by atoms with van der Waals surface area (Å²) in [6.07, 6.45) is 1.02. The summed E-state index contributed by atoms with van der Waals surface area (Å²) in [6.45, 7) is 0.378. The lowest BCUT2D eigenvalue weighted by Gasteiger charge is -2.30. The maximum absolute atomic E-state index is 12.6. The van der Waals surface area contributed by atoms with Crippen molar-refractivity contribution in [2.24, 2.45) is 0 Å². The van der Waals surface area contributed by atoms with Crippen molar-refractivity contribution in [2.45, 2.75) is 25.0 Å². The number of amides is 3. The van der Waals surface area contributed by atoms with E-state index in [1.54, 1.807) is 31.3 Å². The summed E-state index contributed by atoms with van der Waals surface area (Å²) < 4.78 is 5.39. The van der Waals surface area contributed by atoms with Crippen LogP contribution in [0.15, 0.2) is 54.6 Å². The van der Waals surface area contributed by atoms with E-state index >= 15 is 0 Å². The van der Waals surface area contributed by atoms with Gasteiger partial charge in [0.1, 0.15) is 6.61 Å². The highest BCUT2D eigenvalue weighted by atomic mass is 16.6. The lowest BCUT2D eigenvalue weighted by molar-refractivity contribution is 0.0530. The highest BCUT2D eigenvalue weighted by Crippen LogP contribution is 2.43. The fraction of sp³-hybridized carbons (Fsp3) is 0.286. The summed E-state index contributed by atoms with van der Waals surface area (Å²) in [5.74, 6) is -0.596. The molecule has 1 fully saturated rings. The SMILES string of the molecule is CN(C(=O)OCc1ccccc1)C1(CN2C(=O)c3ccccc3C2=O)CC1. The summed E-state index contributed by atoms with van der Waals surface area (Å²) >= 11 is 0. The molecule has 1 aliphatic heterocycles. The maximum atomic E-state index is 12.6. The first-order valence-corrected chi connectivity index (χ1v) is 8.92. The van der Waals surface area contributed by atoms with Gasteiger partial charge in [0.25, 0.3) is 11.8 Å². The molecule has 0 saturated heterocycles. The van der Waals surface area contributed by atoms with Crippen LogP contribution < -0.4 is 0 Å². The molecule has 1 saturated carbocycles. The molecule has 0 aromatic heterocycles. The number of carbonyl (C=O) groups excluding carboxylic acids is 3. The summed E-state index contributed by atoms with van der Waals surface area (Å²) in [5, 5.41) is 0. The van der Waals surface area contributed by atoms with Crippen LogP contribution in [0, 0.1) is 0 Å². The summed E-state index contributed by atoms with van der Waals surface area (Å²) in [5.41, 5.74) is 1.21. The number of rotatable bonds is 5. The van der Waals surface area contributed by atoms with E-state index in [0.29, 0.717) is 11.1 Å². The first-order valence-electron chi connectivity index (χ1n) is 8.92.